The van der Waals surface area contributed by atoms with Gasteiger partial charge in [0.1, 0.15) is 5.75 Å². The summed E-state index contributed by atoms with van der Waals surface area (Å²) in [6.07, 6.45) is 0.883. The number of halogens is 1. The zero-order valence-electron chi connectivity index (χ0n) is 11.2. The van der Waals surface area contributed by atoms with Gasteiger partial charge < -0.3 is 15.6 Å². The number of methoxy groups -OCH3 is 1. The van der Waals surface area contributed by atoms with Gasteiger partial charge in [-0.1, -0.05) is 31.5 Å². The minimum Gasteiger partial charge on any atom is -0.497 e. The first-order chi connectivity index (χ1) is 8.49. The number of hydrogen-bond donors (Lipinski definition) is 2. The topological polar surface area (TPSA) is 55.5 Å². The maximum atomic E-state index is 9.95. The van der Waals surface area contributed by atoms with E-state index in [9.17, 15) is 5.11 Å². The van der Waals surface area contributed by atoms with Crippen LogP contribution in [0.2, 0.25) is 5.02 Å². The molecule has 4 heteroatoms. The Labute approximate surface area is 114 Å². The summed E-state index contributed by atoms with van der Waals surface area (Å²) in [6, 6.07) is 5.43. The van der Waals surface area contributed by atoms with E-state index in [4.69, 9.17) is 22.1 Å². The predicted octanol–water partition coefficient (Wildman–Crippen LogP) is 2.94. The van der Waals surface area contributed by atoms with Gasteiger partial charge in [0.25, 0.3) is 0 Å². The average molecular weight is 272 g/mol. The molecule has 0 aliphatic carbocycles. The number of benzene rings is 1. The van der Waals surface area contributed by atoms with E-state index in [1.807, 2.05) is 26.0 Å². The molecule has 3 nitrogen and oxygen atoms in total. The quantitative estimate of drug-likeness (QED) is 0.836. The summed E-state index contributed by atoms with van der Waals surface area (Å²) in [5.74, 6) is 0.901. The highest BCUT2D eigenvalue weighted by atomic mass is 35.5. The first-order valence-corrected chi connectivity index (χ1v) is 6.64. The zero-order chi connectivity index (χ0) is 13.7. The monoisotopic (exact) mass is 271 g/mol. The Morgan fingerprint density at radius 2 is 2.11 bits per heavy atom. The van der Waals surface area contributed by atoms with E-state index in [1.165, 1.54) is 0 Å². The van der Waals surface area contributed by atoms with Crippen molar-refractivity contribution in [2.75, 3.05) is 7.11 Å². The molecule has 1 aromatic rings. The van der Waals surface area contributed by atoms with Crippen molar-refractivity contribution in [3.8, 4) is 5.75 Å². The molecule has 0 aliphatic heterocycles. The van der Waals surface area contributed by atoms with Gasteiger partial charge in [-0.25, -0.2) is 0 Å². The number of hydrogen-bond acceptors (Lipinski definition) is 3. The molecular formula is C14H22ClNO2. The molecule has 0 amide bonds. The van der Waals surface area contributed by atoms with E-state index >= 15 is 0 Å². The van der Waals surface area contributed by atoms with Gasteiger partial charge in [0.05, 0.1) is 13.2 Å². The van der Waals surface area contributed by atoms with E-state index in [0.29, 0.717) is 11.4 Å². The normalized spacial score (nSPS) is 16.1. The summed E-state index contributed by atoms with van der Waals surface area (Å²) in [6.45, 7) is 4.01. The summed E-state index contributed by atoms with van der Waals surface area (Å²) < 4.78 is 5.11. The van der Waals surface area contributed by atoms with Crippen molar-refractivity contribution in [3.05, 3.63) is 28.8 Å². The summed E-state index contributed by atoms with van der Waals surface area (Å²) in [5.41, 5.74) is 6.84. The number of ether oxygens (including phenoxy) is 1. The van der Waals surface area contributed by atoms with Gasteiger partial charge >= 0.3 is 0 Å². The van der Waals surface area contributed by atoms with Crippen LogP contribution in [-0.4, -0.2) is 24.4 Å². The number of rotatable bonds is 6. The molecule has 0 heterocycles. The van der Waals surface area contributed by atoms with E-state index in [-0.39, 0.29) is 12.0 Å². The molecule has 18 heavy (non-hydrogen) atoms. The Kier molecular flexibility index (Phi) is 5.93. The van der Waals surface area contributed by atoms with Crippen LogP contribution in [-0.2, 0) is 0 Å². The summed E-state index contributed by atoms with van der Waals surface area (Å²) in [7, 11) is 1.61. The van der Waals surface area contributed by atoms with Crippen LogP contribution in [0.1, 0.15) is 38.2 Å². The fourth-order valence-electron chi connectivity index (χ4n) is 1.97. The second kappa shape index (κ2) is 6.98. The minimum absolute atomic E-state index is 0.163. The summed E-state index contributed by atoms with van der Waals surface area (Å²) in [4.78, 5) is 0. The van der Waals surface area contributed by atoms with Crippen molar-refractivity contribution in [1.82, 2.24) is 0 Å². The molecule has 0 saturated carbocycles. The third-order valence-electron chi connectivity index (χ3n) is 3.30. The van der Waals surface area contributed by atoms with Crippen LogP contribution in [0.4, 0.5) is 0 Å². The molecule has 0 bridgehead atoms. The molecule has 0 radical (unpaired) electrons. The third kappa shape index (κ3) is 3.87. The summed E-state index contributed by atoms with van der Waals surface area (Å²) in [5, 5.41) is 10.6. The standard InChI is InChI=1S/C14H22ClNO2/c1-4-13(16)14(17)7-9(2)11-6-5-10(18-3)8-12(11)15/h5-6,8-9,13-14,17H,4,7,16H2,1-3H3. The van der Waals surface area contributed by atoms with E-state index in [1.54, 1.807) is 13.2 Å². The van der Waals surface area contributed by atoms with Gasteiger partial charge in [-0.2, -0.15) is 0 Å². The Hall–Kier alpha value is -0.770. The van der Waals surface area contributed by atoms with Gasteiger partial charge in [0.15, 0.2) is 0 Å². The molecule has 0 fully saturated rings. The fourth-order valence-corrected chi connectivity index (χ4v) is 2.33. The van der Waals surface area contributed by atoms with E-state index < -0.39 is 6.10 Å². The maximum Gasteiger partial charge on any atom is 0.120 e. The SMILES string of the molecule is CCC(N)C(O)CC(C)c1ccc(OC)cc1Cl. The molecule has 1 rings (SSSR count). The lowest BCUT2D eigenvalue weighted by Crippen LogP contribution is -2.34. The molecule has 3 N–H and O–H groups in total. The molecule has 0 aromatic heterocycles. The van der Waals surface area contributed by atoms with Crippen LogP contribution < -0.4 is 10.5 Å². The number of aliphatic hydroxyl groups is 1. The van der Waals surface area contributed by atoms with E-state index in [2.05, 4.69) is 0 Å². The lowest BCUT2D eigenvalue weighted by molar-refractivity contribution is 0.126. The largest absolute Gasteiger partial charge is 0.497 e. The molecule has 3 atom stereocenters. The van der Waals surface area contributed by atoms with Gasteiger partial charge in [-0.3, -0.25) is 0 Å². The number of aliphatic hydroxyl groups excluding tert-OH is 1. The molecule has 0 aliphatic rings. The first-order valence-electron chi connectivity index (χ1n) is 6.26. The molecular weight excluding hydrogens is 250 g/mol. The Balaban J connectivity index is 2.75. The van der Waals surface area contributed by atoms with Crippen LogP contribution in [0.15, 0.2) is 18.2 Å². The van der Waals surface area contributed by atoms with Crippen molar-refractivity contribution >= 4 is 11.6 Å². The average Bonchev–Trinajstić information content (AvgIpc) is 2.37. The van der Waals surface area contributed by atoms with E-state index in [0.717, 1.165) is 17.7 Å². The van der Waals surface area contributed by atoms with Gasteiger partial charge in [-0.15, -0.1) is 0 Å². The molecule has 3 unspecified atom stereocenters. The molecule has 1 aromatic carbocycles. The Morgan fingerprint density at radius 3 is 2.61 bits per heavy atom. The highest BCUT2D eigenvalue weighted by molar-refractivity contribution is 6.31. The van der Waals surface area contributed by atoms with Crippen LogP contribution >= 0.6 is 11.6 Å². The minimum atomic E-state index is -0.497. The van der Waals surface area contributed by atoms with Gasteiger partial charge in [0.2, 0.25) is 0 Å². The van der Waals surface area contributed by atoms with Crippen LogP contribution in [0, 0.1) is 0 Å². The maximum absolute atomic E-state index is 9.95. The Morgan fingerprint density at radius 1 is 1.44 bits per heavy atom. The van der Waals surface area contributed by atoms with Crippen molar-refractivity contribution in [2.24, 2.45) is 5.73 Å². The van der Waals surface area contributed by atoms with Crippen LogP contribution in [0.5, 0.6) is 5.75 Å². The Bertz CT molecular complexity index is 384. The second-order valence-corrected chi connectivity index (χ2v) is 5.07. The zero-order valence-corrected chi connectivity index (χ0v) is 11.9. The molecule has 102 valence electrons. The van der Waals surface area contributed by atoms with Crippen molar-refractivity contribution in [2.45, 2.75) is 44.8 Å². The smallest absolute Gasteiger partial charge is 0.120 e. The van der Waals surface area contributed by atoms with Crippen LogP contribution in [0.3, 0.4) is 0 Å². The van der Waals surface area contributed by atoms with Gasteiger partial charge in [-0.05, 0) is 36.5 Å². The predicted molar refractivity (Wildman–Crippen MR) is 75.3 cm³/mol. The van der Waals surface area contributed by atoms with Gasteiger partial charge in [0, 0.05) is 11.1 Å². The van der Waals surface area contributed by atoms with Crippen molar-refractivity contribution in [3.63, 3.8) is 0 Å². The first kappa shape index (κ1) is 15.3. The third-order valence-corrected chi connectivity index (χ3v) is 3.63. The summed E-state index contributed by atoms with van der Waals surface area (Å²) >= 11 is 6.21. The number of nitrogens with two attached hydrogens (primary N) is 1. The lowest BCUT2D eigenvalue weighted by Gasteiger charge is -2.22. The highest BCUT2D eigenvalue weighted by Crippen LogP contribution is 2.31. The fraction of sp³-hybridized carbons (Fsp3) is 0.571. The van der Waals surface area contributed by atoms with Crippen molar-refractivity contribution in [1.29, 1.82) is 0 Å². The highest BCUT2D eigenvalue weighted by Gasteiger charge is 2.19. The second-order valence-electron chi connectivity index (χ2n) is 4.66. The van der Waals surface area contributed by atoms with Crippen LogP contribution in [0.25, 0.3) is 0 Å². The molecule has 0 saturated heterocycles. The van der Waals surface area contributed by atoms with Crippen molar-refractivity contribution < 1.29 is 9.84 Å². The molecule has 0 spiro atoms. The lowest BCUT2D eigenvalue weighted by atomic mass is 9.92.